The summed E-state index contributed by atoms with van der Waals surface area (Å²) in [5, 5.41) is 8.40. The number of benzene rings is 1. The van der Waals surface area contributed by atoms with E-state index in [4.69, 9.17) is 0 Å². The lowest BCUT2D eigenvalue weighted by molar-refractivity contribution is -0.126. The van der Waals surface area contributed by atoms with Crippen molar-refractivity contribution in [1.82, 2.24) is 10.6 Å². The lowest BCUT2D eigenvalue weighted by atomic mass is 9.89. The van der Waals surface area contributed by atoms with Gasteiger partial charge in [0, 0.05) is 18.7 Å². The average Bonchev–Trinajstić information content (AvgIpc) is 2.42. The summed E-state index contributed by atoms with van der Waals surface area (Å²) in [6, 6.07) is 4.10. The highest BCUT2D eigenvalue weighted by molar-refractivity contribution is 6.01. The van der Waals surface area contributed by atoms with E-state index in [1.54, 1.807) is 6.07 Å². The SMILES string of the molecule is CNCCCNC(=O)C1CC(=O)Nc2cc(F)ccc21. The summed E-state index contributed by atoms with van der Waals surface area (Å²) in [6.45, 7) is 1.36. The van der Waals surface area contributed by atoms with E-state index in [1.807, 2.05) is 7.05 Å². The Hall–Kier alpha value is -1.95. The number of amides is 2. The first kappa shape index (κ1) is 14.5. The number of fused-ring (bicyclic) bond motifs is 1. The smallest absolute Gasteiger partial charge is 0.228 e. The Bertz CT molecular complexity index is 519. The fourth-order valence-electron chi connectivity index (χ4n) is 2.27. The molecule has 1 unspecified atom stereocenters. The number of halogens is 1. The van der Waals surface area contributed by atoms with Gasteiger partial charge in [0.05, 0.1) is 5.92 Å². The van der Waals surface area contributed by atoms with Gasteiger partial charge in [0.1, 0.15) is 5.82 Å². The van der Waals surface area contributed by atoms with Crippen LogP contribution in [0.5, 0.6) is 0 Å². The molecule has 1 atom stereocenters. The monoisotopic (exact) mass is 279 g/mol. The largest absolute Gasteiger partial charge is 0.356 e. The summed E-state index contributed by atoms with van der Waals surface area (Å²) in [7, 11) is 1.85. The molecule has 0 saturated heterocycles. The lowest BCUT2D eigenvalue weighted by Gasteiger charge is -2.24. The second-order valence-electron chi connectivity index (χ2n) is 4.78. The second kappa shape index (κ2) is 6.47. The Balaban J connectivity index is 2.08. The van der Waals surface area contributed by atoms with Gasteiger partial charge in [0.15, 0.2) is 0 Å². The minimum absolute atomic E-state index is 0.0937. The average molecular weight is 279 g/mol. The van der Waals surface area contributed by atoms with Gasteiger partial charge in [-0.2, -0.15) is 0 Å². The summed E-state index contributed by atoms with van der Waals surface area (Å²) in [5.41, 5.74) is 1.05. The zero-order chi connectivity index (χ0) is 14.5. The fourth-order valence-corrected chi connectivity index (χ4v) is 2.27. The molecule has 1 aromatic rings. The minimum atomic E-state index is -0.547. The van der Waals surface area contributed by atoms with Gasteiger partial charge in [-0.15, -0.1) is 0 Å². The Kier molecular flexibility index (Phi) is 4.68. The van der Waals surface area contributed by atoms with Gasteiger partial charge in [-0.1, -0.05) is 6.07 Å². The van der Waals surface area contributed by atoms with E-state index in [2.05, 4.69) is 16.0 Å². The first-order chi connectivity index (χ1) is 9.61. The van der Waals surface area contributed by atoms with Crippen molar-refractivity contribution in [3.63, 3.8) is 0 Å². The summed E-state index contributed by atoms with van der Waals surface area (Å²) < 4.78 is 13.2. The molecule has 2 rings (SSSR count). The minimum Gasteiger partial charge on any atom is -0.356 e. The molecule has 6 heteroatoms. The van der Waals surface area contributed by atoms with E-state index in [-0.39, 0.29) is 18.2 Å². The fraction of sp³-hybridized carbons (Fsp3) is 0.429. The molecule has 0 fully saturated rings. The Labute approximate surface area is 116 Å². The normalized spacial score (nSPS) is 17.3. The zero-order valence-electron chi connectivity index (χ0n) is 11.3. The van der Waals surface area contributed by atoms with Crippen LogP contribution in [0.4, 0.5) is 10.1 Å². The molecule has 0 aliphatic carbocycles. The Morgan fingerprint density at radius 1 is 1.45 bits per heavy atom. The van der Waals surface area contributed by atoms with Gasteiger partial charge in [-0.25, -0.2) is 4.39 Å². The summed E-state index contributed by atoms with van der Waals surface area (Å²) >= 11 is 0. The first-order valence-electron chi connectivity index (χ1n) is 6.63. The third-order valence-corrected chi connectivity index (χ3v) is 3.27. The van der Waals surface area contributed by atoms with Crippen molar-refractivity contribution in [2.45, 2.75) is 18.8 Å². The Morgan fingerprint density at radius 2 is 2.25 bits per heavy atom. The van der Waals surface area contributed by atoms with Crippen molar-refractivity contribution in [2.75, 3.05) is 25.5 Å². The highest BCUT2D eigenvalue weighted by Crippen LogP contribution is 2.32. The zero-order valence-corrected chi connectivity index (χ0v) is 11.3. The third-order valence-electron chi connectivity index (χ3n) is 3.27. The van der Waals surface area contributed by atoms with Crippen LogP contribution in [-0.4, -0.2) is 32.0 Å². The van der Waals surface area contributed by atoms with Crippen LogP contribution >= 0.6 is 0 Å². The molecule has 0 saturated carbocycles. The maximum absolute atomic E-state index is 13.2. The van der Waals surface area contributed by atoms with E-state index in [0.717, 1.165) is 13.0 Å². The number of carbonyl (C=O) groups excluding carboxylic acids is 2. The van der Waals surface area contributed by atoms with Crippen molar-refractivity contribution in [3.05, 3.63) is 29.6 Å². The van der Waals surface area contributed by atoms with Crippen LogP contribution in [0, 0.1) is 5.82 Å². The molecule has 3 N–H and O–H groups in total. The standard InChI is InChI=1S/C14H18FN3O2/c1-16-5-2-6-17-14(20)11-8-13(19)18-12-7-9(15)3-4-10(11)12/h3-4,7,11,16H,2,5-6,8H2,1H3,(H,17,20)(H,18,19). The number of hydrogen-bond acceptors (Lipinski definition) is 3. The summed E-state index contributed by atoms with van der Waals surface area (Å²) in [5.74, 6) is -1.43. The number of rotatable bonds is 5. The van der Waals surface area contributed by atoms with Crippen molar-refractivity contribution < 1.29 is 14.0 Å². The lowest BCUT2D eigenvalue weighted by Crippen LogP contribution is -2.36. The molecule has 5 nitrogen and oxygen atoms in total. The number of anilines is 1. The van der Waals surface area contributed by atoms with E-state index in [0.29, 0.717) is 17.8 Å². The van der Waals surface area contributed by atoms with Crippen LogP contribution < -0.4 is 16.0 Å². The van der Waals surface area contributed by atoms with Gasteiger partial charge in [-0.05, 0) is 37.7 Å². The van der Waals surface area contributed by atoms with Crippen molar-refractivity contribution in [2.24, 2.45) is 0 Å². The molecule has 1 heterocycles. The molecule has 0 aromatic heterocycles. The number of hydrogen-bond donors (Lipinski definition) is 3. The molecule has 20 heavy (non-hydrogen) atoms. The van der Waals surface area contributed by atoms with Gasteiger partial charge in [0.25, 0.3) is 0 Å². The number of nitrogens with one attached hydrogen (secondary N) is 3. The highest BCUT2D eigenvalue weighted by Gasteiger charge is 2.30. The summed E-state index contributed by atoms with van der Waals surface area (Å²) in [6.07, 6.45) is 0.911. The predicted octanol–water partition coefficient (Wildman–Crippen LogP) is 0.977. The molecular weight excluding hydrogens is 261 g/mol. The van der Waals surface area contributed by atoms with Crippen LogP contribution in [0.2, 0.25) is 0 Å². The second-order valence-corrected chi connectivity index (χ2v) is 4.78. The molecule has 0 bridgehead atoms. The topological polar surface area (TPSA) is 70.2 Å². The molecule has 1 aliphatic heterocycles. The van der Waals surface area contributed by atoms with Crippen LogP contribution in [0.3, 0.4) is 0 Å². The molecule has 1 aliphatic rings. The van der Waals surface area contributed by atoms with Gasteiger partial charge in [0.2, 0.25) is 11.8 Å². The van der Waals surface area contributed by atoms with Crippen molar-refractivity contribution >= 4 is 17.5 Å². The van der Waals surface area contributed by atoms with Crippen LogP contribution in [0.15, 0.2) is 18.2 Å². The molecule has 108 valence electrons. The predicted molar refractivity (Wildman–Crippen MR) is 73.9 cm³/mol. The number of carbonyl (C=O) groups is 2. The molecular formula is C14H18FN3O2. The maximum atomic E-state index is 13.2. The molecule has 2 amide bonds. The van der Waals surface area contributed by atoms with E-state index in [9.17, 15) is 14.0 Å². The van der Waals surface area contributed by atoms with Crippen LogP contribution in [0.25, 0.3) is 0 Å². The maximum Gasteiger partial charge on any atom is 0.228 e. The molecule has 1 aromatic carbocycles. The summed E-state index contributed by atoms with van der Waals surface area (Å²) in [4.78, 5) is 23.8. The van der Waals surface area contributed by atoms with E-state index < -0.39 is 11.7 Å². The van der Waals surface area contributed by atoms with Crippen molar-refractivity contribution in [1.29, 1.82) is 0 Å². The quantitative estimate of drug-likeness (QED) is 0.704. The molecule has 0 spiro atoms. The van der Waals surface area contributed by atoms with Gasteiger partial charge >= 0.3 is 0 Å². The van der Waals surface area contributed by atoms with Crippen LogP contribution in [0.1, 0.15) is 24.3 Å². The van der Waals surface area contributed by atoms with Crippen molar-refractivity contribution in [3.8, 4) is 0 Å². The van der Waals surface area contributed by atoms with E-state index >= 15 is 0 Å². The highest BCUT2D eigenvalue weighted by atomic mass is 19.1. The van der Waals surface area contributed by atoms with E-state index in [1.165, 1.54) is 12.1 Å². The molecule has 0 radical (unpaired) electrons. The van der Waals surface area contributed by atoms with Gasteiger partial charge in [-0.3, -0.25) is 9.59 Å². The van der Waals surface area contributed by atoms with Crippen LogP contribution in [-0.2, 0) is 9.59 Å². The Morgan fingerprint density at radius 3 is 3.00 bits per heavy atom. The van der Waals surface area contributed by atoms with Gasteiger partial charge < -0.3 is 16.0 Å². The third kappa shape index (κ3) is 3.33. The first-order valence-corrected chi connectivity index (χ1v) is 6.63.